The number of H-pyrrole nitrogens is 1. The number of nitrogens with one attached hydrogen (secondary N) is 2. The fourth-order valence-electron chi connectivity index (χ4n) is 3.95. The summed E-state index contributed by atoms with van der Waals surface area (Å²) in [5.41, 5.74) is 7.83. The maximum absolute atomic E-state index is 5.48. The number of ether oxygens (including phenoxy) is 3. The standard InChI is InChI=1S/C23H22N4O3/c1-28-19-9-15(10-20(29-2)22(19)30-3)18-12-26-23-21(27-18)16(11-25-23)13-4-5-17-14(8-13)6-7-24-17/h4-5,8-12,24H,6-7H2,1-3H3,(H,25,26). The van der Waals surface area contributed by atoms with Crippen LogP contribution in [0, 0.1) is 0 Å². The highest BCUT2D eigenvalue weighted by Gasteiger charge is 2.17. The average Bonchev–Trinajstić information content (AvgIpc) is 3.43. The maximum Gasteiger partial charge on any atom is 0.203 e. The van der Waals surface area contributed by atoms with E-state index in [0.717, 1.165) is 46.5 Å². The summed E-state index contributed by atoms with van der Waals surface area (Å²) in [7, 11) is 4.79. The van der Waals surface area contributed by atoms with Crippen molar-refractivity contribution in [1.82, 2.24) is 15.0 Å². The summed E-state index contributed by atoms with van der Waals surface area (Å²) in [5.74, 6) is 1.70. The molecule has 30 heavy (non-hydrogen) atoms. The molecule has 0 amide bonds. The van der Waals surface area contributed by atoms with E-state index in [-0.39, 0.29) is 0 Å². The number of aromatic nitrogens is 3. The molecule has 0 fully saturated rings. The first-order chi connectivity index (χ1) is 14.7. The van der Waals surface area contributed by atoms with Gasteiger partial charge in [-0.15, -0.1) is 0 Å². The Hall–Kier alpha value is -3.74. The van der Waals surface area contributed by atoms with Crippen LogP contribution < -0.4 is 19.5 Å². The van der Waals surface area contributed by atoms with Crippen LogP contribution in [0.25, 0.3) is 33.5 Å². The molecule has 5 rings (SSSR count). The molecule has 1 aliphatic rings. The van der Waals surface area contributed by atoms with Crippen LogP contribution in [0.15, 0.2) is 42.7 Å². The van der Waals surface area contributed by atoms with Crippen molar-refractivity contribution < 1.29 is 14.2 Å². The third-order valence-electron chi connectivity index (χ3n) is 5.47. The fourth-order valence-corrected chi connectivity index (χ4v) is 3.95. The predicted molar refractivity (Wildman–Crippen MR) is 117 cm³/mol. The molecule has 0 radical (unpaired) electrons. The molecule has 3 heterocycles. The summed E-state index contributed by atoms with van der Waals surface area (Å²) in [5, 5.41) is 3.40. The fraction of sp³-hybridized carbons (Fsp3) is 0.217. The molecule has 0 bridgehead atoms. The lowest BCUT2D eigenvalue weighted by Gasteiger charge is -2.14. The van der Waals surface area contributed by atoms with Crippen molar-refractivity contribution in [2.45, 2.75) is 6.42 Å². The van der Waals surface area contributed by atoms with E-state index in [0.29, 0.717) is 17.2 Å². The van der Waals surface area contributed by atoms with Crippen LogP contribution in [-0.4, -0.2) is 42.8 Å². The predicted octanol–water partition coefficient (Wildman–Crippen LogP) is 4.29. The molecule has 1 aliphatic heterocycles. The Morgan fingerprint density at radius 1 is 0.933 bits per heavy atom. The van der Waals surface area contributed by atoms with Gasteiger partial charge in [0.25, 0.3) is 0 Å². The normalized spacial score (nSPS) is 12.5. The molecule has 4 aromatic rings. The van der Waals surface area contributed by atoms with E-state index < -0.39 is 0 Å². The van der Waals surface area contributed by atoms with Crippen LogP contribution in [-0.2, 0) is 6.42 Å². The lowest BCUT2D eigenvalue weighted by atomic mass is 10.0. The average molecular weight is 402 g/mol. The van der Waals surface area contributed by atoms with Crippen molar-refractivity contribution >= 4 is 16.9 Å². The molecule has 0 atom stereocenters. The minimum Gasteiger partial charge on any atom is -0.493 e. The summed E-state index contributed by atoms with van der Waals surface area (Å²) >= 11 is 0. The number of anilines is 1. The minimum atomic E-state index is 0.548. The number of hydrogen-bond acceptors (Lipinski definition) is 6. The zero-order valence-electron chi connectivity index (χ0n) is 17.1. The number of fused-ring (bicyclic) bond motifs is 2. The highest BCUT2D eigenvalue weighted by atomic mass is 16.5. The van der Waals surface area contributed by atoms with Crippen molar-refractivity contribution in [3.8, 4) is 39.6 Å². The van der Waals surface area contributed by atoms with Gasteiger partial charge in [-0.1, -0.05) is 6.07 Å². The molecular weight excluding hydrogens is 380 g/mol. The molecule has 2 aromatic heterocycles. The van der Waals surface area contributed by atoms with Gasteiger partial charge in [-0.2, -0.15) is 0 Å². The highest BCUT2D eigenvalue weighted by molar-refractivity contribution is 5.92. The summed E-state index contributed by atoms with van der Waals surface area (Å²) < 4.78 is 16.4. The minimum absolute atomic E-state index is 0.548. The second kappa shape index (κ2) is 7.26. The van der Waals surface area contributed by atoms with Gasteiger partial charge in [0.15, 0.2) is 17.1 Å². The molecular formula is C23H22N4O3. The highest BCUT2D eigenvalue weighted by Crippen LogP contribution is 2.41. The first kappa shape index (κ1) is 18.3. The van der Waals surface area contributed by atoms with E-state index in [9.17, 15) is 0 Å². The first-order valence-electron chi connectivity index (χ1n) is 9.73. The Morgan fingerprint density at radius 3 is 2.47 bits per heavy atom. The van der Waals surface area contributed by atoms with Crippen LogP contribution in [0.4, 0.5) is 5.69 Å². The number of hydrogen-bond donors (Lipinski definition) is 2. The first-order valence-corrected chi connectivity index (χ1v) is 9.73. The Balaban J connectivity index is 1.63. The molecule has 0 saturated heterocycles. The van der Waals surface area contributed by atoms with Crippen molar-refractivity contribution in [3.63, 3.8) is 0 Å². The van der Waals surface area contributed by atoms with Crippen LogP contribution in [0.1, 0.15) is 5.56 Å². The number of benzene rings is 2. The lowest BCUT2D eigenvalue weighted by molar-refractivity contribution is 0.324. The van der Waals surface area contributed by atoms with E-state index >= 15 is 0 Å². The molecule has 2 aromatic carbocycles. The van der Waals surface area contributed by atoms with Gasteiger partial charge in [0, 0.05) is 29.6 Å². The number of methoxy groups -OCH3 is 3. The molecule has 7 heteroatoms. The van der Waals surface area contributed by atoms with Gasteiger partial charge < -0.3 is 24.5 Å². The van der Waals surface area contributed by atoms with E-state index in [1.165, 1.54) is 11.3 Å². The monoisotopic (exact) mass is 402 g/mol. The third-order valence-corrected chi connectivity index (χ3v) is 5.47. The molecule has 0 spiro atoms. The lowest BCUT2D eigenvalue weighted by Crippen LogP contribution is -1.96. The molecule has 152 valence electrons. The molecule has 0 unspecified atom stereocenters. The van der Waals surface area contributed by atoms with Gasteiger partial charge in [0.1, 0.15) is 5.52 Å². The molecule has 0 aliphatic carbocycles. The summed E-state index contributed by atoms with van der Waals surface area (Å²) in [6.45, 7) is 0.984. The zero-order valence-corrected chi connectivity index (χ0v) is 17.1. The van der Waals surface area contributed by atoms with Gasteiger partial charge >= 0.3 is 0 Å². The van der Waals surface area contributed by atoms with Crippen molar-refractivity contribution in [2.75, 3.05) is 33.2 Å². The van der Waals surface area contributed by atoms with Crippen LogP contribution in [0.5, 0.6) is 17.2 Å². The van der Waals surface area contributed by atoms with Gasteiger partial charge in [-0.05, 0) is 41.8 Å². The summed E-state index contributed by atoms with van der Waals surface area (Å²) in [6.07, 6.45) is 4.75. The number of aromatic amines is 1. The molecule has 0 saturated carbocycles. The van der Waals surface area contributed by atoms with Gasteiger partial charge in [-0.25, -0.2) is 9.97 Å². The molecule has 7 nitrogen and oxygen atoms in total. The molecule has 2 N–H and O–H groups in total. The van der Waals surface area contributed by atoms with Crippen LogP contribution in [0.3, 0.4) is 0 Å². The van der Waals surface area contributed by atoms with Crippen molar-refractivity contribution in [1.29, 1.82) is 0 Å². The second-order valence-corrected chi connectivity index (χ2v) is 7.12. The largest absolute Gasteiger partial charge is 0.493 e. The number of nitrogens with zero attached hydrogens (tertiary/aromatic N) is 2. The summed E-state index contributed by atoms with van der Waals surface area (Å²) in [4.78, 5) is 12.7. The van der Waals surface area contributed by atoms with E-state index in [1.807, 2.05) is 18.3 Å². The smallest absolute Gasteiger partial charge is 0.203 e. The quantitative estimate of drug-likeness (QED) is 0.518. The summed E-state index contributed by atoms with van der Waals surface area (Å²) in [6, 6.07) is 10.2. The van der Waals surface area contributed by atoms with Crippen LogP contribution >= 0.6 is 0 Å². The van der Waals surface area contributed by atoms with Gasteiger partial charge in [0.2, 0.25) is 5.75 Å². The van der Waals surface area contributed by atoms with Crippen molar-refractivity contribution in [2.24, 2.45) is 0 Å². The van der Waals surface area contributed by atoms with Crippen LogP contribution in [0.2, 0.25) is 0 Å². The second-order valence-electron chi connectivity index (χ2n) is 7.12. The Labute approximate surface area is 174 Å². The third kappa shape index (κ3) is 2.90. The van der Waals surface area contributed by atoms with E-state index in [1.54, 1.807) is 27.5 Å². The Kier molecular flexibility index (Phi) is 4.43. The SMILES string of the molecule is COc1cc(-c2cnc3[nH]cc(-c4ccc5c(c4)CCN5)c3n2)cc(OC)c1OC. The topological polar surface area (TPSA) is 81.3 Å². The van der Waals surface area contributed by atoms with Gasteiger partial charge in [-0.3, -0.25) is 0 Å². The zero-order chi connectivity index (χ0) is 20.7. The Morgan fingerprint density at radius 2 is 1.73 bits per heavy atom. The van der Waals surface area contributed by atoms with E-state index in [4.69, 9.17) is 19.2 Å². The number of rotatable bonds is 5. The van der Waals surface area contributed by atoms with Gasteiger partial charge in [0.05, 0.1) is 33.2 Å². The van der Waals surface area contributed by atoms with E-state index in [2.05, 4.69) is 33.5 Å². The van der Waals surface area contributed by atoms with Crippen molar-refractivity contribution in [3.05, 3.63) is 48.3 Å². The maximum atomic E-state index is 5.48. The Bertz CT molecular complexity index is 1220.